The maximum absolute atomic E-state index is 11.2. The van der Waals surface area contributed by atoms with Crippen LogP contribution in [0.1, 0.15) is 37.8 Å². The van der Waals surface area contributed by atoms with Crippen LogP contribution in [0.2, 0.25) is 0 Å². The van der Waals surface area contributed by atoms with Crippen LogP contribution in [0, 0.1) is 11.3 Å². The third-order valence-corrected chi connectivity index (χ3v) is 3.08. The SMILES string of the molecule is COc1ccc(C(C)(C#N)C(=O)O)cc1C(C)C. The quantitative estimate of drug-likeness (QED) is 0.888. The molecular formula is C14H17NO3. The molecule has 18 heavy (non-hydrogen) atoms. The molecule has 1 unspecified atom stereocenters. The standard InChI is InChI=1S/C14H17NO3/c1-9(2)11-7-10(5-6-12(11)18-4)14(3,8-15)13(16)17/h5-7,9H,1-4H3,(H,16,17). The predicted molar refractivity (Wildman–Crippen MR) is 67.7 cm³/mol. The van der Waals surface area contributed by atoms with Crippen molar-refractivity contribution in [2.24, 2.45) is 0 Å². The lowest BCUT2D eigenvalue weighted by Gasteiger charge is -2.20. The Hall–Kier alpha value is -2.02. The van der Waals surface area contributed by atoms with Crippen molar-refractivity contribution < 1.29 is 14.6 Å². The van der Waals surface area contributed by atoms with Crippen molar-refractivity contribution in [1.82, 2.24) is 0 Å². The number of hydrogen-bond acceptors (Lipinski definition) is 3. The summed E-state index contributed by atoms with van der Waals surface area (Å²) in [7, 11) is 1.57. The summed E-state index contributed by atoms with van der Waals surface area (Å²) in [6.07, 6.45) is 0. The zero-order valence-corrected chi connectivity index (χ0v) is 11.0. The Kier molecular flexibility index (Phi) is 3.97. The molecule has 0 bridgehead atoms. The Morgan fingerprint density at radius 3 is 2.50 bits per heavy atom. The molecule has 4 nitrogen and oxygen atoms in total. The molecule has 0 heterocycles. The monoisotopic (exact) mass is 247 g/mol. The van der Waals surface area contributed by atoms with Crippen LogP contribution >= 0.6 is 0 Å². The van der Waals surface area contributed by atoms with Gasteiger partial charge in [-0.15, -0.1) is 0 Å². The number of carboxylic acid groups (broad SMARTS) is 1. The van der Waals surface area contributed by atoms with E-state index in [1.165, 1.54) is 6.92 Å². The summed E-state index contributed by atoms with van der Waals surface area (Å²) >= 11 is 0. The highest BCUT2D eigenvalue weighted by Crippen LogP contribution is 2.32. The topological polar surface area (TPSA) is 70.3 Å². The number of nitrogens with zero attached hydrogens (tertiary/aromatic N) is 1. The second-order valence-electron chi connectivity index (χ2n) is 4.65. The molecule has 0 saturated heterocycles. The smallest absolute Gasteiger partial charge is 0.328 e. The largest absolute Gasteiger partial charge is 0.496 e. The van der Waals surface area contributed by atoms with Crippen LogP contribution in [0.25, 0.3) is 0 Å². The first-order chi connectivity index (χ1) is 8.36. The van der Waals surface area contributed by atoms with E-state index in [0.29, 0.717) is 11.3 Å². The number of carbonyl (C=O) groups is 1. The Morgan fingerprint density at radius 1 is 1.50 bits per heavy atom. The minimum absolute atomic E-state index is 0.191. The number of nitriles is 1. The predicted octanol–water partition coefficient (Wildman–Crippen LogP) is 2.68. The zero-order chi connectivity index (χ0) is 13.9. The lowest BCUT2D eigenvalue weighted by Crippen LogP contribution is -2.30. The van der Waals surface area contributed by atoms with Crippen molar-refractivity contribution in [1.29, 1.82) is 5.26 Å². The van der Waals surface area contributed by atoms with Gasteiger partial charge in [0, 0.05) is 0 Å². The molecule has 1 atom stereocenters. The number of hydrogen-bond donors (Lipinski definition) is 1. The number of ether oxygens (including phenoxy) is 1. The molecule has 0 saturated carbocycles. The Balaban J connectivity index is 3.41. The number of aliphatic carboxylic acids is 1. The Bertz CT molecular complexity index is 502. The molecule has 1 aromatic carbocycles. The highest BCUT2D eigenvalue weighted by Gasteiger charge is 2.36. The molecule has 0 fully saturated rings. The van der Waals surface area contributed by atoms with E-state index in [0.717, 1.165) is 5.56 Å². The number of methoxy groups -OCH3 is 1. The minimum atomic E-state index is -1.53. The highest BCUT2D eigenvalue weighted by molar-refractivity contribution is 5.84. The van der Waals surface area contributed by atoms with Crippen molar-refractivity contribution in [3.05, 3.63) is 29.3 Å². The second-order valence-corrected chi connectivity index (χ2v) is 4.65. The van der Waals surface area contributed by atoms with Crippen molar-refractivity contribution in [3.8, 4) is 11.8 Å². The van der Waals surface area contributed by atoms with Gasteiger partial charge in [-0.05, 0) is 36.1 Å². The third kappa shape index (κ3) is 2.30. The molecular weight excluding hydrogens is 230 g/mol. The van der Waals surface area contributed by atoms with Crippen LogP contribution in [0.5, 0.6) is 5.75 Å². The van der Waals surface area contributed by atoms with Gasteiger partial charge in [-0.1, -0.05) is 19.9 Å². The van der Waals surface area contributed by atoms with Crippen molar-refractivity contribution in [2.45, 2.75) is 32.1 Å². The van der Waals surface area contributed by atoms with Crippen LogP contribution in [-0.2, 0) is 10.2 Å². The number of benzene rings is 1. The lowest BCUT2D eigenvalue weighted by molar-refractivity contribution is -0.141. The van der Waals surface area contributed by atoms with Crippen LogP contribution in [-0.4, -0.2) is 18.2 Å². The molecule has 4 heteroatoms. The molecule has 96 valence electrons. The van der Waals surface area contributed by atoms with Gasteiger partial charge in [0.1, 0.15) is 5.75 Å². The molecule has 0 aliphatic heterocycles. The molecule has 0 amide bonds. The van der Waals surface area contributed by atoms with Crippen LogP contribution in [0.4, 0.5) is 0 Å². The van der Waals surface area contributed by atoms with E-state index < -0.39 is 11.4 Å². The maximum atomic E-state index is 11.2. The molecule has 0 aliphatic rings. The van der Waals surface area contributed by atoms with E-state index in [1.54, 1.807) is 25.3 Å². The van der Waals surface area contributed by atoms with Gasteiger partial charge in [0.25, 0.3) is 0 Å². The zero-order valence-electron chi connectivity index (χ0n) is 11.0. The summed E-state index contributed by atoms with van der Waals surface area (Å²) in [5.41, 5.74) is -0.157. The second kappa shape index (κ2) is 5.09. The summed E-state index contributed by atoms with van der Waals surface area (Å²) in [6, 6.07) is 6.93. The fraction of sp³-hybridized carbons (Fsp3) is 0.429. The molecule has 1 rings (SSSR count). The Labute approximate surface area is 107 Å². The summed E-state index contributed by atoms with van der Waals surface area (Å²) in [5.74, 6) is -0.249. The molecule has 0 aliphatic carbocycles. The van der Waals surface area contributed by atoms with E-state index in [-0.39, 0.29) is 5.92 Å². The van der Waals surface area contributed by atoms with Gasteiger partial charge in [0.15, 0.2) is 5.41 Å². The molecule has 0 radical (unpaired) electrons. The van der Waals surface area contributed by atoms with Crippen molar-refractivity contribution in [3.63, 3.8) is 0 Å². The number of carboxylic acids is 1. The minimum Gasteiger partial charge on any atom is -0.496 e. The van der Waals surface area contributed by atoms with E-state index in [4.69, 9.17) is 10.00 Å². The van der Waals surface area contributed by atoms with E-state index >= 15 is 0 Å². The molecule has 0 aromatic heterocycles. The van der Waals surface area contributed by atoms with E-state index in [2.05, 4.69) is 0 Å². The average molecular weight is 247 g/mol. The maximum Gasteiger partial charge on any atom is 0.328 e. The average Bonchev–Trinajstić information content (AvgIpc) is 2.36. The molecule has 1 aromatic rings. The first-order valence-corrected chi connectivity index (χ1v) is 5.70. The van der Waals surface area contributed by atoms with Crippen molar-refractivity contribution in [2.75, 3.05) is 7.11 Å². The van der Waals surface area contributed by atoms with Crippen LogP contribution in [0.3, 0.4) is 0 Å². The van der Waals surface area contributed by atoms with Crippen LogP contribution in [0.15, 0.2) is 18.2 Å². The molecule has 1 N–H and O–H groups in total. The first kappa shape index (κ1) is 14.0. The first-order valence-electron chi connectivity index (χ1n) is 5.70. The highest BCUT2D eigenvalue weighted by atomic mass is 16.5. The third-order valence-electron chi connectivity index (χ3n) is 3.08. The Morgan fingerprint density at radius 2 is 2.11 bits per heavy atom. The fourth-order valence-electron chi connectivity index (χ4n) is 1.73. The van der Waals surface area contributed by atoms with Gasteiger partial charge in [0.2, 0.25) is 0 Å². The van der Waals surface area contributed by atoms with Gasteiger partial charge in [0.05, 0.1) is 13.2 Å². The van der Waals surface area contributed by atoms with E-state index in [1.807, 2.05) is 19.9 Å². The van der Waals surface area contributed by atoms with Gasteiger partial charge in [-0.3, -0.25) is 4.79 Å². The molecule has 0 spiro atoms. The summed E-state index contributed by atoms with van der Waals surface area (Å²) < 4.78 is 5.24. The van der Waals surface area contributed by atoms with Gasteiger partial charge >= 0.3 is 5.97 Å². The van der Waals surface area contributed by atoms with Gasteiger partial charge in [-0.2, -0.15) is 5.26 Å². The normalized spacial score (nSPS) is 13.8. The summed E-state index contributed by atoms with van der Waals surface area (Å²) in [5, 5.41) is 18.3. The van der Waals surface area contributed by atoms with Gasteiger partial charge in [-0.25, -0.2) is 0 Å². The van der Waals surface area contributed by atoms with Crippen LogP contribution < -0.4 is 4.74 Å². The summed E-state index contributed by atoms with van der Waals surface area (Å²) in [6.45, 7) is 5.39. The fourth-order valence-corrected chi connectivity index (χ4v) is 1.73. The summed E-state index contributed by atoms with van der Waals surface area (Å²) in [4.78, 5) is 11.2. The lowest BCUT2D eigenvalue weighted by atomic mass is 9.82. The number of rotatable bonds is 4. The van der Waals surface area contributed by atoms with Gasteiger partial charge < -0.3 is 9.84 Å². The van der Waals surface area contributed by atoms with E-state index in [9.17, 15) is 9.90 Å². The van der Waals surface area contributed by atoms with Crippen molar-refractivity contribution >= 4 is 5.97 Å².